The summed E-state index contributed by atoms with van der Waals surface area (Å²) in [6, 6.07) is 13.2. The molecule has 0 amide bonds. The van der Waals surface area contributed by atoms with Crippen molar-refractivity contribution in [1.82, 2.24) is 4.90 Å². The highest BCUT2D eigenvalue weighted by Gasteiger charge is 2.20. The van der Waals surface area contributed by atoms with E-state index in [0.717, 1.165) is 22.1 Å². The van der Waals surface area contributed by atoms with Gasteiger partial charge < -0.3 is 14.4 Å². The topological polar surface area (TPSA) is 36.6 Å². The van der Waals surface area contributed by atoms with E-state index < -0.39 is 0 Å². The number of fused-ring (bicyclic) bond motifs is 1. The van der Waals surface area contributed by atoms with Gasteiger partial charge in [0.15, 0.2) is 0 Å². The SMILES string of the molecule is CN(C)Cc1c(O)ccc2oc(Cl)c(-c3ccccc3)c12. The summed E-state index contributed by atoms with van der Waals surface area (Å²) in [5.74, 6) is 0.255. The van der Waals surface area contributed by atoms with Gasteiger partial charge in [-0.05, 0) is 43.4 Å². The molecule has 0 aliphatic heterocycles. The molecule has 1 heterocycles. The van der Waals surface area contributed by atoms with Crippen LogP contribution in [0.5, 0.6) is 5.75 Å². The van der Waals surface area contributed by atoms with E-state index in [4.69, 9.17) is 16.0 Å². The lowest BCUT2D eigenvalue weighted by atomic mass is 9.99. The zero-order valence-electron chi connectivity index (χ0n) is 11.9. The number of furan rings is 1. The zero-order chi connectivity index (χ0) is 15.0. The predicted octanol–water partition coefficient (Wildman–Crippen LogP) is 4.52. The summed E-state index contributed by atoms with van der Waals surface area (Å²) in [7, 11) is 3.92. The van der Waals surface area contributed by atoms with Gasteiger partial charge in [-0.25, -0.2) is 0 Å². The Morgan fingerprint density at radius 1 is 1.10 bits per heavy atom. The number of benzene rings is 2. The largest absolute Gasteiger partial charge is 0.508 e. The second-order valence-corrected chi connectivity index (χ2v) is 5.63. The number of phenolic OH excluding ortho intramolecular Hbond substituents is 1. The van der Waals surface area contributed by atoms with E-state index in [9.17, 15) is 5.11 Å². The van der Waals surface area contributed by atoms with Crippen LogP contribution >= 0.6 is 11.6 Å². The Balaban J connectivity index is 2.34. The van der Waals surface area contributed by atoms with Crippen LogP contribution in [-0.4, -0.2) is 24.1 Å². The van der Waals surface area contributed by atoms with Gasteiger partial charge >= 0.3 is 0 Å². The van der Waals surface area contributed by atoms with Crippen LogP contribution in [0.1, 0.15) is 5.56 Å². The number of phenols is 1. The zero-order valence-corrected chi connectivity index (χ0v) is 12.7. The molecule has 0 aliphatic carbocycles. The van der Waals surface area contributed by atoms with Crippen molar-refractivity contribution in [3.8, 4) is 16.9 Å². The maximum atomic E-state index is 10.2. The summed E-state index contributed by atoms with van der Waals surface area (Å²) < 4.78 is 5.67. The molecule has 0 atom stereocenters. The lowest BCUT2D eigenvalue weighted by molar-refractivity contribution is 0.388. The summed E-state index contributed by atoms with van der Waals surface area (Å²) in [5.41, 5.74) is 3.33. The van der Waals surface area contributed by atoms with Crippen LogP contribution < -0.4 is 0 Å². The highest BCUT2D eigenvalue weighted by Crippen LogP contribution is 2.42. The average Bonchev–Trinajstić information content (AvgIpc) is 2.79. The van der Waals surface area contributed by atoms with Crippen molar-refractivity contribution >= 4 is 22.6 Å². The normalized spacial score (nSPS) is 11.4. The van der Waals surface area contributed by atoms with Crippen molar-refractivity contribution in [3.05, 3.63) is 53.2 Å². The third kappa shape index (κ3) is 2.50. The fourth-order valence-electron chi connectivity index (χ4n) is 2.56. The molecule has 3 nitrogen and oxygen atoms in total. The van der Waals surface area contributed by atoms with Gasteiger partial charge in [0.2, 0.25) is 5.22 Å². The summed E-state index contributed by atoms with van der Waals surface area (Å²) in [6.45, 7) is 0.610. The molecule has 2 aromatic carbocycles. The molecule has 108 valence electrons. The lowest BCUT2D eigenvalue weighted by Crippen LogP contribution is -2.11. The Labute approximate surface area is 128 Å². The molecule has 0 bridgehead atoms. The van der Waals surface area contributed by atoms with Crippen LogP contribution in [0.15, 0.2) is 46.9 Å². The van der Waals surface area contributed by atoms with Crippen molar-refractivity contribution in [1.29, 1.82) is 0 Å². The van der Waals surface area contributed by atoms with Crippen molar-refractivity contribution in [2.75, 3.05) is 14.1 Å². The summed E-state index contributed by atoms with van der Waals surface area (Å²) in [6.07, 6.45) is 0. The molecule has 1 N–H and O–H groups in total. The van der Waals surface area contributed by atoms with Gasteiger partial charge in [-0.2, -0.15) is 0 Å². The molecule has 0 saturated carbocycles. The van der Waals surface area contributed by atoms with Crippen LogP contribution in [0.25, 0.3) is 22.1 Å². The minimum Gasteiger partial charge on any atom is -0.508 e. The number of rotatable bonds is 3. The van der Waals surface area contributed by atoms with Crippen molar-refractivity contribution in [3.63, 3.8) is 0 Å². The van der Waals surface area contributed by atoms with Crippen LogP contribution in [0.3, 0.4) is 0 Å². The fraction of sp³-hybridized carbons (Fsp3) is 0.176. The van der Waals surface area contributed by atoms with Crippen molar-refractivity contribution < 1.29 is 9.52 Å². The van der Waals surface area contributed by atoms with Gasteiger partial charge in [-0.1, -0.05) is 30.3 Å². The van der Waals surface area contributed by atoms with Gasteiger partial charge in [0, 0.05) is 23.1 Å². The molecule has 3 aromatic rings. The summed E-state index contributed by atoms with van der Waals surface area (Å²) in [5, 5.41) is 11.5. The number of halogens is 1. The highest BCUT2D eigenvalue weighted by atomic mass is 35.5. The fourth-order valence-corrected chi connectivity index (χ4v) is 2.85. The van der Waals surface area contributed by atoms with Crippen LogP contribution in [0.4, 0.5) is 0 Å². The molecule has 21 heavy (non-hydrogen) atoms. The predicted molar refractivity (Wildman–Crippen MR) is 85.7 cm³/mol. The maximum Gasteiger partial charge on any atom is 0.202 e. The van der Waals surface area contributed by atoms with Crippen LogP contribution in [0.2, 0.25) is 5.22 Å². The number of hydrogen-bond acceptors (Lipinski definition) is 3. The molecule has 1 aromatic heterocycles. The molecule has 0 spiro atoms. The first-order chi connectivity index (χ1) is 10.1. The average molecular weight is 302 g/mol. The van der Waals surface area contributed by atoms with Gasteiger partial charge in [-0.3, -0.25) is 0 Å². The Morgan fingerprint density at radius 2 is 1.81 bits per heavy atom. The first-order valence-electron chi connectivity index (χ1n) is 6.71. The molecule has 0 aliphatic rings. The Morgan fingerprint density at radius 3 is 2.48 bits per heavy atom. The molecule has 0 saturated heterocycles. The summed E-state index contributed by atoms with van der Waals surface area (Å²) in [4.78, 5) is 2.00. The Hall–Kier alpha value is -1.97. The van der Waals surface area contributed by atoms with E-state index in [1.807, 2.05) is 49.3 Å². The van der Waals surface area contributed by atoms with Gasteiger partial charge in [-0.15, -0.1) is 0 Å². The van der Waals surface area contributed by atoms with E-state index in [1.54, 1.807) is 12.1 Å². The number of hydrogen-bond donors (Lipinski definition) is 1. The second-order valence-electron chi connectivity index (χ2n) is 5.29. The molecular formula is C17H16ClNO2. The first kappa shape index (κ1) is 14.0. The molecule has 0 fully saturated rings. The second kappa shape index (κ2) is 5.43. The van der Waals surface area contributed by atoms with Gasteiger partial charge in [0.05, 0.1) is 0 Å². The molecule has 3 rings (SSSR count). The van der Waals surface area contributed by atoms with Crippen molar-refractivity contribution in [2.24, 2.45) is 0 Å². The third-order valence-corrected chi connectivity index (χ3v) is 3.70. The highest BCUT2D eigenvalue weighted by molar-refractivity contribution is 6.33. The quantitative estimate of drug-likeness (QED) is 0.772. The van der Waals surface area contributed by atoms with Crippen LogP contribution in [0, 0.1) is 0 Å². The minimum absolute atomic E-state index is 0.255. The van der Waals surface area contributed by atoms with E-state index >= 15 is 0 Å². The van der Waals surface area contributed by atoms with Gasteiger partial charge in [0.1, 0.15) is 11.3 Å². The monoisotopic (exact) mass is 301 g/mol. The van der Waals surface area contributed by atoms with E-state index in [2.05, 4.69) is 0 Å². The number of nitrogens with zero attached hydrogens (tertiary/aromatic N) is 1. The van der Waals surface area contributed by atoms with E-state index in [0.29, 0.717) is 17.3 Å². The molecule has 0 unspecified atom stereocenters. The van der Waals surface area contributed by atoms with E-state index in [1.165, 1.54) is 0 Å². The smallest absolute Gasteiger partial charge is 0.202 e. The molecular weight excluding hydrogens is 286 g/mol. The van der Waals surface area contributed by atoms with Crippen molar-refractivity contribution in [2.45, 2.75) is 6.54 Å². The van der Waals surface area contributed by atoms with E-state index in [-0.39, 0.29) is 5.75 Å². The molecule has 0 radical (unpaired) electrons. The minimum atomic E-state index is 0.255. The van der Waals surface area contributed by atoms with Crippen LogP contribution in [-0.2, 0) is 6.54 Å². The third-order valence-electron chi connectivity index (χ3n) is 3.43. The summed E-state index contributed by atoms with van der Waals surface area (Å²) >= 11 is 6.30. The first-order valence-corrected chi connectivity index (χ1v) is 7.08. The number of aromatic hydroxyl groups is 1. The maximum absolute atomic E-state index is 10.2. The Kier molecular flexibility index (Phi) is 3.62. The lowest BCUT2D eigenvalue weighted by Gasteiger charge is -2.13. The molecule has 4 heteroatoms. The standard InChI is InChI=1S/C17H16ClNO2/c1-19(2)10-12-13(20)8-9-14-16(12)15(17(18)21-14)11-6-4-3-5-7-11/h3-9,20H,10H2,1-2H3. The van der Waals surface area contributed by atoms with Gasteiger partial charge in [0.25, 0.3) is 0 Å². The Bertz CT molecular complexity index is 778.